The molecular weight excluding hydrogens is 270 g/mol. The van der Waals surface area contributed by atoms with Crippen molar-refractivity contribution in [3.05, 3.63) is 28.2 Å². The molecule has 1 aliphatic heterocycles. The molecule has 0 bridgehead atoms. The average molecular weight is 286 g/mol. The zero-order valence-electron chi connectivity index (χ0n) is 9.29. The van der Waals surface area contributed by atoms with Crippen LogP contribution in [-0.2, 0) is 11.3 Å². The number of nitrogens with one attached hydrogen (secondary N) is 1. The van der Waals surface area contributed by atoms with Gasteiger partial charge in [0, 0.05) is 23.0 Å². The maximum atomic E-state index is 9.39. The van der Waals surface area contributed by atoms with Crippen molar-refractivity contribution < 1.29 is 9.84 Å². The molecule has 4 heteroatoms. The Bertz CT molecular complexity index is 377. The Morgan fingerprint density at radius 1 is 1.50 bits per heavy atom. The van der Waals surface area contributed by atoms with E-state index in [1.807, 2.05) is 6.07 Å². The van der Waals surface area contributed by atoms with Crippen LogP contribution in [0.2, 0.25) is 0 Å². The molecule has 0 saturated carbocycles. The number of phenolic OH excluding ortho intramolecular Hbond substituents is 1. The van der Waals surface area contributed by atoms with Crippen molar-refractivity contribution in [2.45, 2.75) is 13.5 Å². The van der Waals surface area contributed by atoms with E-state index in [-0.39, 0.29) is 5.41 Å². The van der Waals surface area contributed by atoms with E-state index >= 15 is 0 Å². The maximum Gasteiger partial charge on any atom is 0.115 e. The van der Waals surface area contributed by atoms with E-state index in [1.54, 1.807) is 12.1 Å². The zero-order chi connectivity index (χ0) is 11.6. The van der Waals surface area contributed by atoms with Crippen LogP contribution in [0.1, 0.15) is 12.5 Å². The summed E-state index contributed by atoms with van der Waals surface area (Å²) in [7, 11) is 0. The van der Waals surface area contributed by atoms with Gasteiger partial charge < -0.3 is 15.2 Å². The number of aromatic hydroxyl groups is 1. The van der Waals surface area contributed by atoms with Gasteiger partial charge in [-0.25, -0.2) is 0 Å². The van der Waals surface area contributed by atoms with Crippen LogP contribution < -0.4 is 5.32 Å². The Labute approximate surface area is 104 Å². The molecule has 0 aromatic heterocycles. The Kier molecular flexibility index (Phi) is 3.52. The predicted octanol–water partition coefficient (Wildman–Crippen LogP) is 2.28. The smallest absolute Gasteiger partial charge is 0.115 e. The second kappa shape index (κ2) is 4.73. The fraction of sp³-hybridized carbons (Fsp3) is 0.500. The molecular formula is C12H16BrNO2. The quantitative estimate of drug-likeness (QED) is 0.892. The minimum absolute atomic E-state index is 0.281. The Hall–Kier alpha value is -0.580. The molecule has 0 radical (unpaired) electrons. The van der Waals surface area contributed by atoms with Crippen LogP contribution in [0.15, 0.2) is 22.7 Å². The fourth-order valence-electron chi connectivity index (χ4n) is 1.75. The van der Waals surface area contributed by atoms with Crippen LogP contribution in [0, 0.1) is 5.41 Å². The molecule has 1 saturated heterocycles. The van der Waals surface area contributed by atoms with Gasteiger partial charge in [0.25, 0.3) is 0 Å². The highest BCUT2D eigenvalue weighted by atomic mass is 79.9. The third kappa shape index (κ3) is 2.75. The average Bonchev–Trinajstić information content (AvgIpc) is 2.21. The molecule has 1 aliphatic rings. The summed E-state index contributed by atoms with van der Waals surface area (Å²) in [5.41, 5.74) is 1.35. The second-order valence-corrected chi connectivity index (χ2v) is 5.54. The molecule has 16 heavy (non-hydrogen) atoms. The van der Waals surface area contributed by atoms with E-state index in [2.05, 4.69) is 28.2 Å². The summed E-state index contributed by atoms with van der Waals surface area (Å²) in [6.07, 6.45) is 0. The summed E-state index contributed by atoms with van der Waals surface area (Å²) < 4.78 is 6.22. The standard InChI is InChI=1S/C12H16BrNO2/c1-12(7-16-8-12)6-14-5-9-4-10(15)2-3-11(9)13/h2-4,14-15H,5-8H2,1H3. The van der Waals surface area contributed by atoms with Crippen LogP contribution in [0.3, 0.4) is 0 Å². The van der Waals surface area contributed by atoms with Gasteiger partial charge in [0.1, 0.15) is 5.75 Å². The molecule has 0 aliphatic carbocycles. The Morgan fingerprint density at radius 3 is 2.88 bits per heavy atom. The highest BCUT2D eigenvalue weighted by Gasteiger charge is 2.32. The molecule has 1 fully saturated rings. The Morgan fingerprint density at radius 2 is 2.25 bits per heavy atom. The van der Waals surface area contributed by atoms with Crippen molar-refractivity contribution in [3.8, 4) is 5.75 Å². The summed E-state index contributed by atoms with van der Waals surface area (Å²) in [4.78, 5) is 0. The van der Waals surface area contributed by atoms with Crippen molar-refractivity contribution in [1.29, 1.82) is 0 Å². The first-order valence-corrected chi connectivity index (χ1v) is 6.14. The SMILES string of the molecule is CC1(CNCc2cc(O)ccc2Br)COC1. The number of ether oxygens (including phenoxy) is 1. The largest absolute Gasteiger partial charge is 0.508 e. The molecule has 1 heterocycles. The van der Waals surface area contributed by atoms with E-state index in [0.29, 0.717) is 5.75 Å². The van der Waals surface area contributed by atoms with Crippen LogP contribution in [0.25, 0.3) is 0 Å². The molecule has 3 nitrogen and oxygen atoms in total. The maximum absolute atomic E-state index is 9.39. The summed E-state index contributed by atoms with van der Waals surface area (Å²) in [6, 6.07) is 5.31. The van der Waals surface area contributed by atoms with Gasteiger partial charge in [-0.05, 0) is 23.8 Å². The van der Waals surface area contributed by atoms with Crippen LogP contribution in [0.5, 0.6) is 5.75 Å². The van der Waals surface area contributed by atoms with Crippen molar-refractivity contribution >= 4 is 15.9 Å². The summed E-state index contributed by atoms with van der Waals surface area (Å²) >= 11 is 3.47. The van der Waals surface area contributed by atoms with Crippen molar-refractivity contribution in [3.63, 3.8) is 0 Å². The van der Waals surface area contributed by atoms with Gasteiger partial charge in [-0.15, -0.1) is 0 Å². The topological polar surface area (TPSA) is 41.5 Å². The molecule has 0 atom stereocenters. The van der Waals surface area contributed by atoms with Crippen LogP contribution >= 0.6 is 15.9 Å². The Balaban J connectivity index is 1.87. The molecule has 0 amide bonds. The van der Waals surface area contributed by atoms with Gasteiger partial charge in [-0.3, -0.25) is 0 Å². The normalized spacial score (nSPS) is 18.1. The monoisotopic (exact) mass is 285 g/mol. The number of rotatable bonds is 4. The van der Waals surface area contributed by atoms with Crippen molar-refractivity contribution in [2.75, 3.05) is 19.8 Å². The van der Waals surface area contributed by atoms with Crippen LogP contribution in [0.4, 0.5) is 0 Å². The molecule has 2 rings (SSSR count). The number of phenols is 1. The summed E-state index contributed by atoms with van der Waals surface area (Å²) in [6.45, 7) is 5.57. The minimum atomic E-state index is 0.281. The number of halogens is 1. The zero-order valence-corrected chi connectivity index (χ0v) is 10.9. The third-order valence-electron chi connectivity index (χ3n) is 2.80. The van der Waals surface area contributed by atoms with E-state index in [0.717, 1.165) is 36.3 Å². The summed E-state index contributed by atoms with van der Waals surface area (Å²) in [5.74, 6) is 0.304. The lowest BCUT2D eigenvalue weighted by molar-refractivity contribution is -0.0991. The first-order valence-electron chi connectivity index (χ1n) is 5.35. The highest BCUT2D eigenvalue weighted by Crippen LogP contribution is 2.26. The first kappa shape index (κ1) is 11.9. The van der Waals surface area contributed by atoms with E-state index in [1.165, 1.54) is 0 Å². The van der Waals surface area contributed by atoms with E-state index in [4.69, 9.17) is 4.74 Å². The second-order valence-electron chi connectivity index (χ2n) is 4.68. The fourth-order valence-corrected chi connectivity index (χ4v) is 2.13. The van der Waals surface area contributed by atoms with Crippen molar-refractivity contribution in [1.82, 2.24) is 5.32 Å². The molecule has 1 aromatic rings. The van der Waals surface area contributed by atoms with Gasteiger partial charge in [-0.2, -0.15) is 0 Å². The molecule has 2 N–H and O–H groups in total. The number of benzene rings is 1. The molecule has 88 valence electrons. The van der Waals surface area contributed by atoms with Crippen molar-refractivity contribution in [2.24, 2.45) is 5.41 Å². The first-order chi connectivity index (χ1) is 7.59. The van der Waals surface area contributed by atoms with Gasteiger partial charge >= 0.3 is 0 Å². The number of hydrogen-bond acceptors (Lipinski definition) is 3. The van der Waals surface area contributed by atoms with Gasteiger partial charge in [0.2, 0.25) is 0 Å². The lowest BCUT2D eigenvalue weighted by atomic mass is 9.89. The highest BCUT2D eigenvalue weighted by molar-refractivity contribution is 9.10. The summed E-state index contributed by atoms with van der Waals surface area (Å²) in [5, 5.41) is 12.8. The lowest BCUT2D eigenvalue weighted by Crippen LogP contribution is -2.47. The molecule has 0 spiro atoms. The third-order valence-corrected chi connectivity index (χ3v) is 3.57. The predicted molar refractivity (Wildman–Crippen MR) is 66.4 cm³/mol. The van der Waals surface area contributed by atoms with E-state index in [9.17, 15) is 5.11 Å². The number of hydrogen-bond donors (Lipinski definition) is 2. The lowest BCUT2D eigenvalue weighted by Gasteiger charge is -2.38. The van der Waals surface area contributed by atoms with E-state index < -0.39 is 0 Å². The molecule has 1 aromatic carbocycles. The van der Waals surface area contributed by atoms with Crippen LogP contribution in [-0.4, -0.2) is 24.9 Å². The molecule has 0 unspecified atom stereocenters. The minimum Gasteiger partial charge on any atom is -0.508 e. The van der Waals surface area contributed by atoms with Gasteiger partial charge in [0.15, 0.2) is 0 Å². The van der Waals surface area contributed by atoms with Gasteiger partial charge in [0.05, 0.1) is 13.2 Å². The van der Waals surface area contributed by atoms with Gasteiger partial charge in [-0.1, -0.05) is 22.9 Å².